The fourth-order valence-electron chi connectivity index (χ4n) is 1.58. The van der Waals surface area contributed by atoms with E-state index in [1.165, 1.54) is 0 Å². The Labute approximate surface area is 86.1 Å². The van der Waals surface area contributed by atoms with E-state index in [1.54, 1.807) is 0 Å². The average molecular weight is 202 g/mol. The predicted octanol–water partition coefficient (Wildman–Crippen LogP) is 0.0581. The van der Waals surface area contributed by atoms with Gasteiger partial charge in [0.05, 0.1) is 0 Å². The summed E-state index contributed by atoms with van der Waals surface area (Å²) >= 11 is 0. The predicted molar refractivity (Wildman–Crippen MR) is 56.7 cm³/mol. The van der Waals surface area contributed by atoms with Crippen LogP contribution in [0.1, 0.15) is 20.3 Å². The largest absolute Gasteiger partial charge is 0.400 e. The molecule has 1 amide bonds. The van der Waals surface area contributed by atoms with Gasteiger partial charge in [0.15, 0.2) is 0 Å². The van der Waals surface area contributed by atoms with Crippen LogP contribution in [0.5, 0.6) is 0 Å². The van der Waals surface area contributed by atoms with Gasteiger partial charge in [-0.3, -0.25) is 4.79 Å². The van der Waals surface area contributed by atoms with Crippen LogP contribution in [0.3, 0.4) is 0 Å². The lowest BCUT2D eigenvalue weighted by Crippen LogP contribution is -2.32. The van der Waals surface area contributed by atoms with Crippen LogP contribution < -0.4 is 5.73 Å². The van der Waals surface area contributed by atoms with Crippen molar-refractivity contribution in [2.75, 3.05) is 26.7 Å². The lowest BCUT2D eigenvalue weighted by molar-refractivity contribution is -0.132. The Hall–Kier alpha value is -0.610. The number of nitrogens with two attached hydrogens (primary N) is 1. The fraction of sp³-hybridized carbons (Fsp3) is 0.900. The number of amides is 1. The van der Waals surface area contributed by atoms with Crippen LogP contribution >= 0.6 is 0 Å². The lowest BCUT2D eigenvalue weighted by atomic mass is 10.3. The van der Waals surface area contributed by atoms with E-state index in [4.69, 9.17) is 10.8 Å². The molecule has 0 spiro atoms. The molecule has 4 nitrogen and oxygen atoms in total. The zero-order valence-electron chi connectivity index (χ0n) is 9.36. The maximum Gasteiger partial charge on any atom is 0.226 e. The van der Waals surface area contributed by atoms with Gasteiger partial charge in [0.2, 0.25) is 5.91 Å². The van der Waals surface area contributed by atoms with Gasteiger partial charge in [0, 0.05) is 26.1 Å². The molecular formula is C10H22N2O2. The number of rotatable bonds is 4. The van der Waals surface area contributed by atoms with Gasteiger partial charge in [-0.15, -0.1) is 0 Å². The molecule has 2 unspecified atom stereocenters. The highest BCUT2D eigenvalue weighted by molar-refractivity contribution is 5.81. The number of aliphatic hydroxyl groups is 1. The molecule has 4 heteroatoms. The van der Waals surface area contributed by atoms with Gasteiger partial charge in [-0.25, -0.2) is 0 Å². The van der Waals surface area contributed by atoms with Crippen molar-refractivity contribution in [3.63, 3.8) is 0 Å². The Morgan fingerprint density at radius 3 is 2.21 bits per heavy atom. The third-order valence-corrected chi connectivity index (χ3v) is 2.62. The Bertz CT molecular complexity index is 170. The maximum atomic E-state index is 11.6. The third-order valence-electron chi connectivity index (χ3n) is 2.62. The Kier molecular flexibility index (Phi) is 6.49. The van der Waals surface area contributed by atoms with E-state index in [0.29, 0.717) is 18.4 Å². The maximum absolute atomic E-state index is 11.6. The van der Waals surface area contributed by atoms with E-state index >= 15 is 0 Å². The SMILES string of the molecule is CCN(CC)C(=O)C1CC1CN.CO. The molecule has 0 heterocycles. The Morgan fingerprint density at radius 1 is 1.43 bits per heavy atom. The highest BCUT2D eigenvalue weighted by Gasteiger charge is 2.43. The summed E-state index contributed by atoms with van der Waals surface area (Å²) in [6.45, 7) is 6.34. The van der Waals surface area contributed by atoms with Gasteiger partial charge >= 0.3 is 0 Å². The second-order valence-electron chi connectivity index (χ2n) is 3.35. The smallest absolute Gasteiger partial charge is 0.226 e. The normalized spacial score (nSPS) is 23.5. The van der Waals surface area contributed by atoms with Crippen molar-refractivity contribution >= 4 is 5.91 Å². The van der Waals surface area contributed by atoms with Gasteiger partial charge in [0.1, 0.15) is 0 Å². The molecule has 2 atom stereocenters. The fourth-order valence-corrected chi connectivity index (χ4v) is 1.58. The van der Waals surface area contributed by atoms with Crippen LogP contribution in [0.4, 0.5) is 0 Å². The molecule has 0 bridgehead atoms. The summed E-state index contributed by atoms with van der Waals surface area (Å²) in [5.41, 5.74) is 5.47. The molecule has 1 rings (SSSR count). The van der Waals surface area contributed by atoms with E-state index in [9.17, 15) is 4.79 Å². The molecule has 1 aliphatic carbocycles. The number of hydrogen-bond acceptors (Lipinski definition) is 3. The first kappa shape index (κ1) is 13.4. The van der Waals surface area contributed by atoms with Crippen LogP contribution in [0, 0.1) is 11.8 Å². The molecule has 1 aliphatic rings. The molecule has 0 radical (unpaired) electrons. The zero-order valence-corrected chi connectivity index (χ0v) is 9.36. The van der Waals surface area contributed by atoms with Crippen LogP contribution in [0.2, 0.25) is 0 Å². The van der Waals surface area contributed by atoms with Crippen molar-refractivity contribution in [2.24, 2.45) is 17.6 Å². The second-order valence-corrected chi connectivity index (χ2v) is 3.35. The summed E-state index contributed by atoms with van der Waals surface area (Å²) in [5.74, 6) is 1.02. The number of carbonyl (C=O) groups excluding carboxylic acids is 1. The number of nitrogens with zero attached hydrogens (tertiary/aromatic N) is 1. The van der Waals surface area contributed by atoms with Crippen molar-refractivity contribution in [2.45, 2.75) is 20.3 Å². The highest BCUT2D eigenvalue weighted by atomic mass is 16.2. The van der Waals surface area contributed by atoms with Gasteiger partial charge in [-0.05, 0) is 32.7 Å². The van der Waals surface area contributed by atoms with Crippen molar-refractivity contribution in [1.82, 2.24) is 4.90 Å². The summed E-state index contributed by atoms with van der Waals surface area (Å²) in [6, 6.07) is 0. The molecule has 84 valence electrons. The minimum atomic E-state index is 0.245. The number of hydrogen-bond donors (Lipinski definition) is 2. The summed E-state index contributed by atoms with van der Waals surface area (Å²) in [4.78, 5) is 13.5. The molecule has 0 aromatic rings. The van der Waals surface area contributed by atoms with Gasteiger partial charge in [-0.1, -0.05) is 0 Å². The first-order valence-corrected chi connectivity index (χ1v) is 5.18. The first-order valence-electron chi connectivity index (χ1n) is 5.18. The third kappa shape index (κ3) is 3.27. The van der Waals surface area contributed by atoms with E-state index in [0.717, 1.165) is 26.6 Å². The standard InChI is InChI=1S/C9H18N2O.CH4O/c1-3-11(4-2)9(12)8-5-7(8)6-10;1-2/h7-8H,3-6,10H2,1-2H3;2H,1H3. The van der Waals surface area contributed by atoms with Crippen LogP contribution in [0.15, 0.2) is 0 Å². The van der Waals surface area contributed by atoms with E-state index in [1.807, 2.05) is 18.7 Å². The first-order chi connectivity index (χ1) is 6.74. The molecule has 1 fully saturated rings. The van der Waals surface area contributed by atoms with Crippen molar-refractivity contribution in [3.05, 3.63) is 0 Å². The topological polar surface area (TPSA) is 66.6 Å². The minimum absolute atomic E-state index is 0.245. The summed E-state index contributed by atoms with van der Waals surface area (Å²) in [5, 5.41) is 7.00. The molecule has 0 aromatic carbocycles. The second kappa shape index (κ2) is 6.79. The van der Waals surface area contributed by atoms with Crippen LogP contribution in [-0.4, -0.2) is 42.7 Å². The molecule has 14 heavy (non-hydrogen) atoms. The number of aliphatic hydroxyl groups excluding tert-OH is 1. The van der Waals surface area contributed by atoms with Crippen LogP contribution in [0.25, 0.3) is 0 Å². The monoisotopic (exact) mass is 202 g/mol. The van der Waals surface area contributed by atoms with Crippen molar-refractivity contribution in [1.29, 1.82) is 0 Å². The van der Waals surface area contributed by atoms with E-state index in [-0.39, 0.29) is 5.92 Å². The van der Waals surface area contributed by atoms with E-state index < -0.39 is 0 Å². The summed E-state index contributed by atoms with van der Waals surface area (Å²) in [6.07, 6.45) is 1.01. The van der Waals surface area contributed by atoms with Gasteiger partial charge < -0.3 is 15.7 Å². The van der Waals surface area contributed by atoms with Crippen molar-refractivity contribution in [3.8, 4) is 0 Å². The molecule has 3 N–H and O–H groups in total. The molecular weight excluding hydrogens is 180 g/mol. The van der Waals surface area contributed by atoms with E-state index in [2.05, 4.69) is 0 Å². The lowest BCUT2D eigenvalue weighted by Gasteiger charge is -2.18. The molecule has 0 aliphatic heterocycles. The average Bonchev–Trinajstić information content (AvgIpc) is 3.01. The van der Waals surface area contributed by atoms with Gasteiger partial charge in [-0.2, -0.15) is 0 Å². The zero-order chi connectivity index (χ0) is 11.1. The molecule has 1 saturated carbocycles. The molecule has 0 aromatic heterocycles. The summed E-state index contributed by atoms with van der Waals surface area (Å²) < 4.78 is 0. The number of carbonyl (C=O) groups is 1. The van der Waals surface area contributed by atoms with Gasteiger partial charge in [0.25, 0.3) is 0 Å². The Balaban J connectivity index is 0.000000791. The quantitative estimate of drug-likeness (QED) is 0.677. The Morgan fingerprint density at radius 2 is 1.93 bits per heavy atom. The van der Waals surface area contributed by atoms with Crippen LogP contribution in [-0.2, 0) is 4.79 Å². The highest BCUT2D eigenvalue weighted by Crippen LogP contribution is 2.38. The summed E-state index contributed by atoms with van der Waals surface area (Å²) in [7, 11) is 1.00. The minimum Gasteiger partial charge on any atom is -0.400 e. The molecule has 0 saturated heterocycles. The van der Waals surface area contributed by atoms with Crippen molar-refractivity contribution < 1.29 is 9.90 Å².